The molecule has 3 N–H and O–H groups in total. The minimum Gasteiger partial charge on any atom is -0.493 e. The van der Waals surface area contributed by atoms with Gasteiger partial charge < -0.3 is 19.9 Å². The molecule has 0 aliphatic rings. The third kappa shape index (κ3) is 2.53. The number of hydrogen-bond donors (Lipinski definition) is 3. The van der Waals surface area contributed by atoms with E-state index in [4.69, 9.17) is 22.4 Å². The summed E-state index contributed by atoms with van der Waals surface area (Å²) < 4.78 is 1.95. The second-order valence-electron chi connectivity index (χ2n) is 3.16. The molecule has 0 aromatic carbocycles. The second-order valence-corrected chi connectivity index (χ2v) is 3.52. The zero-order chi connectivity index (χ0) is 13.2. The number of imidazole rings is 1. The molecule has 0 unspecified atom stereocenters. The highest BCUT2D eigenvalue weighted by Crippen LogP contribution is 2.21. The fourth-order valence-electron chi connectivity index (χ4n) is 1.37. The van der Waals surface area contributed by atoms with Crippen LogP contribution in [-0.4, -0.2) is 36.4 Å². The predicted octanol–water partition coefficient (Wildman–Crippen LogP) is 0.537. The lowest BCUT2D eigenvalue weighted by Gasteiger charge is -1.99. The van der Waals surface area contributed by atoms with Gasteiger partial charge in [-0.15, -0.1) is 0 Å². The standard InChI is InChI=1S/C9H10N2O5S/c1-2-5-8(16)11(4-7(14)15)9(17)10(5)3-6(12)13/h2,16H,1,3-4H2,(H,12,13)(H,14,15). The van der Waals surface area contributed by atoms with E-state index >= 15 is 0 Å². The summed E-state index contributed by atoms with van der Waals surface area (Å²) in [4.78, 5) is 21.2. The molecule has 1 rings (SSSR count). The normalized spacial score (nSPS) is 10.1. The lowest BCUT2D eigenvalue weighted by molar-refractivity contribution is -0.138. The Kier molecular flexibility index (Phi) is 3.69. The van der Waals surface area contributed by atoms with Crippen molar-refractivity contribution in [1.82, 2.24) is 9.13 Å². The van der Waals surface area contributed by atoms with Gasteiger partial charge in [0, 0.05) is 0 Å². The molecule has 7 nitrogen and oxygen atoms in total. The monoisotopic (exact) mass is 258 g/mol. The molecule has 0 aliphatic carbocycles. The Morgan fingerprint density at radius 2 is 1.71 bits per heavy atom. The molecule has 0 aliphatic heterocycles. The molecule has 17 heavy (non-hydrogen) atoms. The number of aromatic hydroxyl groups is 1. The third-order valence-corrected chi connectivity index (χ3v) is 2.46. The van der Waals surface area contributed by atoms with Crippen molar-refractivity contribution in [2.45, 2.75) is 13.1 Å². The van der Waals surface area contributed by atoms with E-state index in [0.717, 1.165) is 9.13 Å². The summed E-state index contributed by atoms with van der Waals surface area (Å²) in [5, 5.41) is 27.0. The quantitative estimate of drug-likeness (QED) is 0.666. The van der Waals surface area contributed by atoms with E-state index in [1.54, 1.807) is 0 Å². The van der Waals surface area contributed by atoms with Crippen molar-refractivity contribution >= 4 is 30.2 Å². The molecule has 0 atom stereocenters. The van der Waals surface area contributed by atoms with Crippen LogP contribution in [0.15, 0.2) is 6.58 Å². The van der Waals surface area contributed by atoms with Gasteiger partial charge in [-0.05, 0) is 18.3 Å². The van der Waals surface area contributed by atoms with Gasteiger partial charge in [0.05, 0.1) is 0 Å². The number of nitrogens with zero attached hydrogens (tertiary/aromatic N) is 2. The van der Waals surface area contributed by atoms with Crippen LogP contribution in [0.4, 0.5) is 0 Å². The zero-order valence-electron chi connectivity index (χ0n) is 8.66. The highest BCUT2D eigenvalue weighted by Gasteiger charge is 2.17. The summed E-state index contributed by atoms with van der Waals surface area (Å²) >= 11 is 4.89. The highest BCUT2D eigenvalue weighted by atomic mass is 32.1. The van der Waals surface area contributed by atoms with Crippen molar-refractivity contribution in [3.8, 4) is 5.88 Å². The average molecular weight is 258 g/mol. The van der Waals surface area contributed by atoms with Gasteiger partial charge in [0.2, 0.25) is 5.88 Å². The van der Waals surface area contributed by atoms with Crippen LogP contribution in [0.3, 0.4) is 0 Å². The summed E-state index contributed by atoms with van der Waals surface area (Å²) in [5.41, 5.74) is 0.0821. The molecule has 1 heterocycles. The minimum absolute atomic E-state index is 0.0813. The molecular formula is C9H10N2O5S. The van der Waals surface area contributed by atoms with Gasteiger partial charge in [-0.1, -0.05) is 6.58 Å². The van der Waals surface area contributed by atoms with Crippen LogP contribution in [0, 0.1) is 4.77 Å². The number of hydrogen-bond acceptors (Lipinski definition) is 4. The molecule has 0 amide bonds. The molecule has 1 aromatic rings. The maximum absolute atomic E-state index is 10.6. The SMILES string of the molecule is C=Cc1c(O)n(CC(=O)O)c(=S)n1CC(=O)O. The van der Waals surface area contributed by atoms with Gasteiger partial charge in [-0.3, -0.25) is 14.2 Å². The smallest absolute Gasteiger partial charge is 0.323 e. The Bertz CT molecular complexity index is 542. The molecule has 0 bridgehead atoms. The Morgan fingerprint density at radius 1 is 1.24 bits per heavy atom. The molecule has 1 aromatic heterocycles. The Balaban J connectivity index is 3.40. The minimum atomic E-state index is -1.19. The van der Waals surface area contributed by atoms with Crippen molar-refractivity contribution in [1.29, 1.82) is 0 Å². The van der Waals surface area contributed by atoms with Gasteiger partial charge >= 0.3 is 11.9 Å². The molecule has 0 spiro atoms. The van der Waals surface area contributed by atoms with Gasteiger partial charge in [0.1, 0.15) is 18.8 Å². The molecule has 0 saturated heterocycles. The van der Waals surface area contributed by atoms with Crippen LogP contribution in [0.5, 0.6) is 5.88 Å². The first-order chi connectivity index (χ1) is 7.88. The number of aromatic nitrogens is 2. The maximum atomic E-state index is 10.6. The number of rotatable bonds is 5. The fourth-order valence-corrected chi connectivity index (χ4v) is 1.68. The largest absolute Gasteiger partial charge is 0.493 e. The van der Waals surface area contributed by atoms with E-state index in [-0.39, 0.29) is 10.5 Å². The number of carboxylic acid groups (broad SMARTS) is 2. The van der Waals surface area contributed by atoms with E-state index in [9.17, 15) is 14.7 Å². The van der Waals surface area contributed by atoms with Crippen molar-refractivity contribution in [3.05, 3.63) is 17.0 Å². The van der Waals surface area contributed by atoms with Gasteiger partial charge in [0.15, 0.2) is 4.77 Å². The van der Waals surface area contributed by atoms with Crippen molar-refractivity contribution in [3.63, 3.8) is 0 Å². The highest BCUT2D eigenvalue weighted by molar-refractivity contribution is 7.71. The van der Waals surface area contributed by atoms with Crippen LogP contribution >= 0.6 is 12.2 Å². The molecule has 8 heteroatoms. The van der Waals surface area contributed by atoms with Crippen molar-refractivity contribution < 1.29 is 24.9 Å². The van der Waals surface area contributed by atoms with E-state index < -0.39 is 30.9 Å². The van der Waals surface area contributed by atoms with Gasteiger partial charge in [-0.25, -0.2) is 0 Å². The topological polar surface area (TPSA) is 105 Å². The van der Waals surface area contributed by atoms with E-state index in [0.29, 0.717) is 0 Å². The van der Waals surface area contributed by atoms with Crippen molar-refractivity contribution in [2.75, 3.05) is 0 Å². The van der Waals surface area contributed by atoms with Crippen LogP contribution in [0.2, 0.25) is 0 Å². The Hall–Kier alpha value is -2.09. The van der Waals surface area contributed by atoms with Crippen LogP contribution in [0.25, 0.3) is 6.08 Å². The molecular weight excluding hydrogens is 248 g/mol. The fraction of sp³-hybridized carbons (Fsp3) is 0.222. The van der Waals surface area contributed by atoms with Crippen LogP contribution < -0.4 is 0 Å². The summed E-state index contributed by atoms with van der Waals surface area (Å²) in [5.74, 6) is -2.76. The number of carboxylic acids is 2. The summed E-state index contributed by atoms with van der Waals surface area (Å²) in [7, 11) is 0. The lowest BCUT2D eigenvalue weighted by atomic mass is 10.4. The maximum Gasteiger partial charge on any atom is 0.323 e. The summed E-state index contributed by atoms with van der Waals surface area (Å²) in [6.45, 7) is 2.40. The zero-order valence-corrected chi connectivity index (χ0v) is 9.48. The summed E-state index contributed by atoms with van der Waals surface area (Å²) in [6, 6.07) is 0. The van der Waals surface area contributed by atoms with Gasteiger partial charge in [0.25, 0.3) is 0 Å². The Labute approximate surface area is 101 Å². The predicted molar refractivity (Wildman–Crippen MR) is 60.3 cm³/mol. The number of aliphatic carboxylic acids is 2. The van der Waals surface area contributed by atoms with Crippen LogP contribution in [0.1, 0.15) is 5.69 Å². The first-order valence-corrected chi connectivity index (χ1v) is 4.87. The second kappa shape index (κ2) is 4.83. The molecule has 0 saturated carbocycles. The van der Waals surface area contributed by atoms with E-state index in [1.165, 1.54) is 6.08 Å². The van der Waals surface area contributed by atoms with Crippen LogP contribution in [-0.2, 0) is 22.7 Å². The molecule has 0 fully saturated rings. The lowest BCUT2D eigenvalue weighted by Crippen LogP contribution is -2.12. The molecule has 0 radical (unpaired) electrons. The first kappa shape index (κ1) is 13.0. The third-order valence-electron chi connectivity index (χ3n) is 2.02. The van der Waals surface area contributed by atoms with Gasteiger partial charge in [-0.2, -0.15) is 0 Å². The van der Waals surface area contributed by atoms with E-state index in [2.05, 4.69) is 6.58 Å². The molecule has 92 valence electrons. The first-order valence-electron chi connectivity index (χ1n) is 4.46. The number of carbonyl (C=O) groups is 2. The Morgan fingerprint density at radius 3 is 2.12 bits per heavy atom. The summed E-state index contributed by atoms with van der Waals surface area (Å²) in [6.07, 6.45) is 1.21. The average Bonchev–Trinajstić information content (AvgIpc) is 2.42. The van der Waals surface area contributed by atoms with E-state index in [1.807, 2.05) is 0 Å². The van der Waals surface area contributed by atoms with Crippen molar-refractivity contribution in [2.24, 2.45) is 0 Å².